The van der Waals surface area contributed by atoms with Crippen molar-refractivity contribution in [1.29, 1.82) is 0 Å². The van der Waals surface area contributed by atoms with Gasteiger partial charge < -0.3 is 4.90 Å². The van der Waals surface area contributed by atoms with Crippen molar-refractivity contribution in [3.8, 4) is 0 Å². The molecular weight excluding hydrogens is 398 g/mol. The molecule has 1 saturated heterocycles. The number of likely N-dealkylation sites (N-methyl/N-ethyl adjacent to an activating group) is 1. The Morgan fingerprint density at radius 3 is 2.20 bits per heavy atom. The van der Waals surface area contributed by atoms with Crippen molar-refractivity contribution < 1.29 is 13.2 Å². The Kier molecular flexibility index (Phi) is 6.36. The quantitative estimate of drug-likeness (QED) is 0.766. The van der Waals surface area contributed by atoms with Crippen LogP contribution in [0.3, 0.4) is 0 Å². The van der Waals surface area contributed by atoms with Gasteiger partial charge in [0.2, 0.25) is 15.9 Å². The van der Waals surface area contributed by atoms with Crippen molar-refractivity contribution in [3.63, 3.8) is 0 Å². The zero-order valence-corrected chi connectivity index (χ0v) is 19.1. The lowest BCUT2D eigenvalue weighted by molar-refractivity contribution is -0.128. The number of sulfonamides is 1. The second kappa shape index (κ2) is 8.49. The summed E-state index contributed by atoms with van der Waals surface area (Å²) in [5.41, 5.74) is 3.12. The molecule has 7 heteroatoms. The van der Waals surface area contributed by atoms with Crippen LogP contribution in [0.25, 0.3) is 0 Å². The molecule has 0 aromatic heterocycles. The first-order valence-electron chi connectivity index (χ1n) is 10.1. The lowest BCUT2D eigenvalue weighted by Gasteiger charge is -2.32. The number of nitrogens with zero attached hydrogens (tertiary/aromatic N) is 2. The molecule has 30 heavy (non-hydrogen) atoms. The van der Waals surface area contributed by atoms with Gasteiger partial charge in [0, 0.05) is 6.54 Å². The van der Waals surface area contributed by atoms with Gasteiger partial charge in [-0.25, -0.2) is 13.1 Å². The first-order chi connectivity index (χ1) is 14.0. The number of hydrogen-bond acceptors (Lipinski definition) is 4. The highest BCUT2D eigenvalue weighted by Crippen LogP contribution is 2.33. The zero-order chi connectivity index (χ0) is 22.1. The highest BCUT2D eigenvalue weighted by molar-refractivity contribution is 7.88. The second-order valence-electron chi connectivity index (χ2n) is 9.06. The summed E-state index contributed by atoms with van der Waals surface area (Å²) in [7, 11) is -1.53. The molecule has 0 bridgehead atoms. The van der Waals surface area contributed by atoms with Crippen LogP contribution in [0, 0.1) is 0 Å². The van der Waals surface area contributed by atoms with Crippen molar-refractivity contribution in [1.82, 2.24) is 14.5 Å². The summed E-state index contributed by atoms with van der Waals surface area (Å²) in [6, 6.07) is 17.2. The maximum atomic E-state index is 12.8. The molecule has 1 aliphatic rings. The summed E-state index contributed by atoms with van der Waals surface area (Å²) in [6.45, 7) is 7.06. The minimum Gasteiger partial charge on any atom is -0.320 e. The van der Waals surface area contributed by atoms with Gasteiger partial charge in [-0.15, -0.1) is 0 Å². The lowest BCUT2D eigenvalue weighted by atomic mass is 9.86. The molecule has 2 aromatic carbocycles. The van der Waals surface area contributed by atoms with Crippen LogP contribution >= 0.6 is 0 Å². The van der Waals surface area contributed by atoms with E-state index in [4.69, 9.17) is 0 Å². The number of hydrogen-bond donors (Lipinski definition) is 1. The van der Waals surface area contributed by atoms with Crippen LogP contribution in [0.2, 0.25) is 0 Å². The average molecular weight is 430 g/mol. The van der Waals surface area contributed by atoms with Gasteiger partial charge in [-0.1, -0.05) is 75.4 Å². The van der Waals surface area contributed by atoms with Gasteiger partial charge in [0.15, 0.2) is 0 Å². The number of nitrogens with one attached hydrogen (secondary N) is 1. The van der Waals surface area contributed by atoms with E-state index in [-0.39, 0.29) is 24.0 Å². The van der Waals surface area contributed by atoms with Crippen LogP contribution in [0.15, 0.2) is 54.6 Å². The SMILES string of the molecule is CN1CC(=O)N(CC(NS(C)(=O)=O)c2ccccc2)C1c1ccc(C(C)(C)C)cc1. The molecule has 1 heterocycles. The van der Waals surface area contributed by atoms with Crippen LogP contribution in [-0.2, 0) is 20.2 Å². The van der Waals surface area contributed by atoms with E-state index in [9.17, 15) is 13.2 Å². The molecule has 6 nitrogen and oxygen atoms in total. The van der Waals surface area contributed by atoms with Crippen molar-refractivity contribution >= 4 is 15.9 Å². The molecule has 1 aliphatic heterocycles. The average Bonchev–Trinajstić information content (AvgIpc) is 2.93. The van der Waals surface area contributed by atoms with E-state index in [1.807, 2.05) is 42.3 Å². The fourth-order valence-corrected chi connectivity index (χ4v) is 4.63. The van der Waals surface area contributed by atoms with E-state index in [0.717, 1.165) is 17.4 Å². The predicted octanol–water partition coefficient (Wildman–Crippen LogP) is 3.05. The number of benzene rings is 2. The highest BCUT2D eigenvalue weighted by Gasteiger charge is 2.38. The Labute approximate surface area is 179 Å². The number of amides is 1. The highest BCUT2D eigenvalue weighted by atomic mass is 32.2. The van der Waals surface area contributed by atoms with Crippen LogP contribution in [0.5, 0.6) is 0 Å². The molecular formula is C23H31N3O3S. The van der Waals surface area contributed by atoms with E-state index in [1.165, 1.54) is 5.56 Å². The normalized spacial score (nSPS) is 19.3. The maximum absolute atomic E-state index is 12.8. The summed E-state index contributed by atoms with van der Waals surface area (Å²) in [4.78, 5) is 16.6. The first kappa shape index (κ1) is 22.5. The molecule has 162 valence electrons. The molecule has 0 radical (unpaired) electrons. The topological polar surface area (TPSA) is 69.7 Å². The summed E-state index contributed by atoms with van der Waals surface area (Å²) in [6.07, 6.45) is 0.905. The van der Waals surface area contributed by atoms with Crippen molar-refractivity contribution in [2.24, 2.45) is 0 Å². The van der Waals surface area contributed by atoms with Crippen molar-refractivity contribution in [3.05, 3.63) is 71.3 Å². The third-order valence-electron chi connectivity index (χ3n) is 5.43. The molecule has 2 unspecified atom stereocenters. The van der Waals surface area contributed by atoms with E-state index in [1.54, 1.807) is 4.90 Å². The summed E-state index contributed by atoms with van der Waals surface area (Å²) in [5, 5.41) is 0. The Balaban J connectivity index is 1.92. The van der Waals surface area contributed by atoms with Crippen LogP contribution in [-0.4, -0.2) is 50.5 Å². The van der Waals surface area contributed by atoms with E-state index >= 15 is 0 Å². The minimum atomic E-state index is -3.45. The molecule has 2 atom stereocenters. The first-order valence-corrected chi connectivity index (χ1v) is 12.0. The monoisotopic (exact) mass is 429 g/mol. The molecule has 1 amide bonds. The van der Waals surface area contributed by atoms with Gasteiger partial charge in [-0.2, -0.15) is 0 Å². The molecule has 3 rings (SSSR count). The van der Waals surface area contributed by atoms with Gasteiger partial charge in [-0.05, 0) is 29.2 Å². The molecule has 2 aromatic rings. The summed E-state index contributed by atoms with van der Waals surface area (Å²) >= 11 is 0. The van der Waals surface area contributed by atoms with E-state index in [0.29, 0.717) is 6.54 Å². The fraction of sp³-hybridized carbons (Fsp3) is 0.435. The smallest absolute Gasteiger partial charge is 0.238 e. The third kappa shape index (κ3) is 5.28. The zero-order valence-electron chi connectivity index (χ0n) is 18.3. The molecule has 1 fully saturated rings. The van der Waals surface area contributed by atoms with E-state index in [2.05, 4.69) is 49.8 Å². The van der Waals surface area contributed by atoms with Crippen LogP contribution < -0.4 is 4.72 Å². The molecule has 0 aliphatic carbocycles. The van der Waals surface area contributed by atoms with Gasteiger partial charge in [0.1, 0.15) is 6.17 Å². The molecule has 0 saturated carbocycles. The van der Waals surface area contributed by atoms with Crippen LogP contribution in [0.1, 0.15) is 49.7 Å². The Hall–Kier alpha value is -2.22. The minimum absolute atomic E-state index is 0.0152. The van der Waals surface area contributed by atoms with Crippen LogP contribution in [0.4, 0.5) is 0 Å². The lowest BCUT2D eigenvalue weighted by Crippen LogP contribution is -2.40. The number of carbonyl (C=O) groups is 1. The second-order valence-corrected chi connectivity index (χ2v) is 10.8. The molecule has 0 spiro atoms. The predicted molar refractivity (Wildman–Crippen MR) is 119 cm³/mol. The standard InChI is InChI=1S/C23H31N3O3S/c1-23(2,3)19-13-11-18(12-14-19)22-25(4)16-21(27)26(22)15-20(24-30(5,28)29)17-9-7-6-8-10-17/h6-14,20,22,24H,15-16H2,1-5H3. The largest absolute Gasteiger partial charge is 0.320 e. The Morgan fingerprint density at radius 1 is 1.07 bits per heavy atom. The summed E-state index contributed by atoms with van der Waals surface area (Å²) < 4.78 is 26.7. The Bertz CT molecular complexity index is 983. The van der Waals surface area contributed by atoms with E-state index < -0.39 is 16.1 Å². The van der Waals surface area contributed by atoms with Gasteiger partial charge in [0.25, 0.3) is 0 Å². The maximum Gasteiger partial charge on any atom is 0.238 e. The fourth-order valence-electron chi connectivity index (χ4n) is 3.91. The van der Waals surface area contributed by atoms with Gasteiger partial charge >= 0.3 is 0 Å². The number of carbonyl (C=O) groups excluding carboxylic acids is 1. The van der Waals surface area contributed by atoms with Crippen molar-refractivity contribution in [2.75, 3.05) is 26.4 Å². The third-order valence-corrected chi connectivity index (χ3v) is 6.14. The van der Waals surface area contributed by atoms with Crippen molar-refractivity contribution in [2.45, 2.75) is 38.4 Å². The van der Waals surface area contributed by atoms with Gasteiger partial charge in [-0.3, -0.25) is 9.69 Å². The van der Waals surface area contributed by atoms with Gasteiger partial charge in [0.05, 0.1) is 18.8 Å². The Morgan fingerprint density at radius 2 is 1.67 bits per heavy atom. The number of rotatable bonds is 6. The molecule has 1 N–H and O–H groups in total. The summed E-state index contributed by atoms with van der Waals surface area (Å²) in [5.74, 6) is -0.0152.